The number of unbranched alkanes of at least 4 members (excludes halogenated alkanes) is 2. The standard InChI is InChI=1S/C14H30N2/c1-3-5-11-15-13-9-7-8-10-14(13)16-12-6-4-2/h13-16H,3-12H2,1-2H3/t13-,14-/m1/s1. The van der Waals surface area contributed by atoms with Crippen LogP contribution in [0, 0.1) is 0 Å². The Bertz CT molecular complexity index is 141. The van der Waals surface area contributed by atoms with E-state index in [9.17, 15) is 0 Å². The highest BCUT2D eigenvalue weighted by molar-refractivity contribution is 4.86. The molecule has 0 unspecified atom stereocenters. The van der Waals surface area contributed by atoms with Crippen LogP contribution in [0.2, 0.25) is 0 Å². The molecule has 96 valence electrons. The summed E-state index contributed by atoms with van der Waals surface area (Å²) in [6.45, 7) is 6.93. The molecule has 0 aromatic heterocycles. The summed E-state index contributed by atoms with van der Waals surface area (Å²) in [5.41, 5.74) is 0. The summed E-state index contributed by atoms with van der Waals surface area (Å²) < 4.78 is 0. The van der Waals surface area contributed by atoms with Gasteiger partial charge < -0.3 is 10.6 Å². The highest BCUT2D eigenvalue weighted by Crippen LogP contribution is 2.18. The highest BCUT2D eigenvalue weighted by atomic mass is 15.0. The number of nitrogens with one attached hydrogen (secondary N) is 2. The second-order valence-electron chi connectivity index (χ2n) is 5.11. The topological polar surface area (TPSA) is 24.1 Å². The summed E-state index contributed by atoms with van der Waals surface area (Å²) in [6, 6.07) is 1.47. The normalized spacial score (nSPS) is 25.9. The van der Waals surface area contributed by atoms with Crippen molar-refractivity contribution in [1.82, 2.24) is 10.6 Å². The van der Waals surface area contributed by atoms with Crippen molar-refractivity contribution in [2.75, 3.05) is 13.1 Å². The third-order valence-corrected chi connectivity index (χ3v) is 3.64. The Kier molecular flexibility index (Phi) is 7.87. The van der Waals surface area contributed by atoms with Crippen molar-refractivity contribution < 1.29 is 0 Å². The molecule has 2 N–H and O–H groups in total. The summed E-state index contributed by atoms with van der Waals surface area (Å²) in [5, 5.41) is 7.47. The molecule has 0 radical (unpaired) electrons. The summed E-state index contributed by atoms with van der Waals surface area (Å²) in [4.78, 5) is 0. The lowest BCUT2D eigenvalue weighted by Crippen LogP contribution is -2.50. The molecule has 0 bridgehead atoms. The minimum atomic E-state index is 0.733. The maximum atomic E-state index is 3.74. The predicted octanol–water partition coefficient (Wildman–Crippen LogP) is 3.08. The van der Waals surface area contributed by atoms with Gasteiger partial charge >= 0.3 is 0 Å². The van der Waals surface area contributed by atoms with Gasteiger partial charge in [0.2, 0.25) is 0 Å². The van der Waals surface area contributed by atoms with E-state index < -0.39 is 0 Å². The zero-order valence-electron chi connectivity index (χ0n) is 11.2. The minimum Gasteiger partial charge on any atom is -0.312 e. The summed E-state index contributed by atoms with van der Waals surface area (Å²) in [6.07, 6.45) is 10.8. The first-order valence-electron chi connectivity index (χ1n) is 7.35. The summed E-state index contributed by atoms with van der Waals surface area (Å²) in [7, 11) is 0. The van der Waals surface area contributed by atoms with E-state index in [1.54, 1.807) is 0 Å². The third-order valence-electron chi connectivity index (χ3n) is 3.64. The lowest BCUT2D eigenvalue weighted by Gasteiger charge is -2.33. The van der Waals surface area contributed by atoms with E-state index in [0.717, 1.165) is 12.1 Å². The van der Waals surface area contributed by atoms with E-state index in [2.05, 4.69) is 24.5 Å². The molecule has 1 saturated carbocycles. The molecule has 0 aliphatic heterocycles. The summed E-state index contributed by atoms with van der Waals surface area (Å²) in [5.74, 6) is 0. The highest BCUT2D eigenvalue weighted by Gasteiger charge is 2.23. The predicted molar refractivity (Wildman–Crippen MR) is 71.9 cm³/mol. The lowest BCUT2D eigenvalue weighted by molar-refractivity contribution is 0.282. The zero-order chi connectivity index (χ0) is 11.6. The third kappa shape index (κ3) is 5.31. The molecule has 1 aliphatic carbocycles. The Labute approximate surface area is 102 Å². The molecular formula is C14H30N2. The molecule has 0 heterocycles. The molecule has 0 aromatic carbocycles. The van der Waals surface area contributed by atoms with Crippen LogP contribution < -0.4 is 10.6 Å². The van der Waals surface area contributed by atoms with Crippen LogP contribution in [0.3, 0.4) is 0 Å². The molecular weight excluding hydrogens is 196 g/mol. The van der Waals surface area contributed by atoms with E-state index in [0.29, 0.717) is 0 Å². The van der Waals surface area contributed by atoms with Gasteiger partial charge in [-0.2, -0.15) is 0 Å². The Morgan fingerprint density at radius 1 is 0.812 bits per heavy atom. The molecule has 0 saturated heterocycles. The van der Waals surface area contributed by atoms with E-state index in [-0.39, 0.29) is 0 Å². The molecule has 2 nitrogen and oxygen atoms in total. The van der Waals surface area contributed by atoms with Gasteiger partial charge in [-0.15, -0.1) is 0 Å². The smallest absolute Gasteiger partial charge is 0.0221 e. The first-order chi connectivity index (χ1) is 7.88. The first-order valence-corrected chi connectivity index (χ1v) is 7.35. The van der Waals surface area contributed by atoms with Gasteiger partial charge in [-0.1, -0.05) is 39.5 Å². The fourth-order valence-electron chi connectivity index (χ4n) is 2.55. The van der Waals surface area contributed by atoms with Crippen molar-refractivity contribution in [3.63, 3.8) is 0 Å². The minimum absolute atomic E-state index is 0.733. The van der Waals surface area contributed by atoms with Gasteiger partial charge in [-0.05, 0) is 38.8 Å². The van der Waals surface area contributed by atoms with E-state index in [4.69, 9.17) is 0 Å². The molecule has 0 amide bonds. The van der Waals surface area contributed by atoms with E-state index in [1.165, 1.54) is 64.5 Å². The van der Waals surface area contributed by atoms with Crippen LogP contribution in [-0.4, -0.2) is 25.2 Å². The maximum Gasteiger partial charge on any atom is 0.0221 e. The van der Waals surface area contributed by atoms with Gasteiger partial charge in [0.05, 0.1) is 0 Å². The van der Waals surface area contributed by atoms with Crippen LogP contribution in [-0.2, 0) is 0 Å². The van der Waals surface area contributed by atoms with Crippen molar-refractivity contribution in [3.05, 3.63) is 0 Å². The Balaban J connectivity index is 2.20. The quantitative estimate of drug-likeness (QED) is 0.622. The van der Waals surface area contributed by atoms with Crippen molar-refractivity contribution in [1.29, 1.82) is 0 Å². The molecule has 1 rings (SSSR count). The van der Waals surface area contributed by atoms with Crippen LogP contribution in [0.25, 0.3) is 0 Å². The average Bonchev–Trinajstić information content (AvgIpc) is 2.32. The monoisotopic (exact) mass is 226 g/mol. The maximum absolute atomic E-state index is 3.74. The van der Waals surface area contributed by atoms with Gasteiger partial charge in [-0.25, -0.2) is 0 Å². The molecule has 1 fully saturated rings. The molecule has 0 aromatic rings. The Hall–Kier alpha value is -0.0800. The molecule has 16 heavy (non-hydrogen) atoms. The SMILES string of the molecule is CCCCN[C@@H]1CCCC[C@H]1NCCCC. The van der Waals surface area contributed by atoms with Crippen LogP contribution in [0.5, 0.6) is 0 Å². The number of hydrogen-bond acceptors (Lipinski definition) is 2. The van der Waals surface area contributed by atoms with Crippen molar-refractivity contribution in [2.45, 2.75) is 77.3 Å². The second-order valence-corrected chi connectivity index (χ2v) is 5.11. The second kappa shape index (κ2) is 9.00. The van der Waals surface area contributed by atoms with Gasteiger partial charge in [0.15, 0.2) is 0 Å². The largest absolute Gasteiger partial charge is 0.312 e. The van der Waals surface area contributed by atoms with E-state index in [1.807, 2.05) is 0 Å². The van der Waals surface area contributed by atoms with Gasteiger partial charge in [0, 0.05) is 12.1 Å². The van der Waals surface area contributed by atoms with Crippen molar-refractivity contribution in [2.24, 2.45) is 0 Å². The first kappa shape index (κ1) is 14.0. The molecule has 0 spiro atoms. The van der Waals surface area contributed by atoms with Crippen LogP contribution in [0.4, 0.5) is 0 Å². The van der Waals surface area contributed by atoms with Gasteiger partial charge in [-0.3, -0.25) is 0 Å². The summed E-state index contributed by atoms with van der Waals surface area (Å²) >= 11 is 0. The fourth-order valence-corrected chi connectivity index (χ4v) is 2.55. The van der Waals surface area contributed by atoms with E-state index >= 15 is 0 Å². The van der Waals surface area contributed by atoms with Crippen LogP contribution >= 0.6 is 0 Å². The van der Waals surface area contributed by atoms with Gasteiger partial charge in [0.1, 0.15) is 0 Å². The molecule has 2 heteroatoms. The van der Waals surface area contributed by atoms with Crippen molar-refractivity contribution in [3.8, 4) is 0 Å². The Morgan fingerprint density at radius 2 is 1.25 bits per heavy atom. The lowest BCUT2D eigenvalue weighted by atomic mass is 9.90. The number of rotatable bonds is 8. The zero-order valence-corrected chi connectivity index (χ0v) is 11.2. The Morgan fingerprint density at radius 3 is 1.62 bits per heavy atom. The number of hydrogen-bond donors (Lipinski definition) is 2. The van der Waals surface area contributed by atoms with Gasteiger partial charge in [0.25, 0.3) is 0 Å². The fraction of sp³-hybridized carbons (Fsp3) is 1.00. The van der Waals surface area contributed by atoms with Crippen LogP contribution in [0.1, 0.15) is 65.2 Å². The molecule has 2 atom stereocenters. The molecule has 1 aliphatic rings. The van der Waals surface area contributed by atoms with Crippen molar-refractivity contribution >= 4 is 0 Å². The van der Waals surface area contributed by atoms with Crippen LogP contribution in [0.15, 0.2) is 0 Å². The average molecular weight is 226 g/mol.